The van der Waals surface area contributed by atoms with Crippen molar-refractivity contribution in [3.63, 3.8) is 0 Å². The summed E-state index contributed by atoms with van der Waals surface area (Å²) in [6.45, 7) is 3.31. The number of nitrogens with zero attached hydrogens (tertiary/aromatic N) is 2. The Hall–Kier alpha value is -2.87. The number of nitrogens with one attached hydrogen (secondary N) is 2. The molecule has 0 spiro atoms. The average molecular weight is 308 g/mol. The Morgan fingerprint density at radius 3 is 2.91 bits per heavy atom. The minimum Gasteiger partial charge on any atom is -0.384 e. The van der Waals surface area contributed by atoms with E-state index in [-0.39, 0.29) is 5.91 Å². The molecule has 23 heavy (non-hydrogen) atoms. The van der Waals surface area contributed by atoms with Crippen molar-refractivity contribution in [3.8, 4) is 6.07 Å². The van der Waals surface area contributed by atoms with E-state index in [1.165, 1.54) is 6.20 Å². The van der Waals surface area contributed by atoms with Gasteiger partial charge in [0.05, 0.1) is 11.1 Å². The normalized spacial score (nSPS) is 9.91. The molecule has 0 bridgehead atoms. The lowest BCUT2D eigenvalue weighted by Crippen LogP contribution is -2.24. The molecule has 1 amide bonds. The van der Waals surface area contributed by atoms with Crippen LogP contribution in [0.15, 0.2) is 42.7 Å². The van der Waals surface area contributed by atoms with Crippen LogP contribution < -0.4 is 10.6 Å². The van der Waals surface area contributed by atoms with Crippen molar-refractivity contribution in [2.75, 3.05) is 11.9 Å². The number of benzene rings is 1. The molecular weight excluding hydrogens is 288 g/mol. The van der Waals surface area contributed by atoms with Gasteiger partial charge in [0.25, 0.3) is 5.91 Å². The van der Waals surface area contributed by atoms with Crippen LogP contribution in [0.4, 0.5) is 5.69 Å². The molecule has 2 N–H and O–H groups in total. The lowest BCUT2D eigenvalue weighted by atomic mass is 10.1. The van der Waals surface area contributed by atoms with Gasteiger partial charge in [0.15, 0.2) is 0 Å². The quantitative estimate of drug-likeness (QED) is 0.770. The summed E-state index contributed by atoms with van der Waals surface area (Å²) in [5.74, 6) is -0.146. The van der Waals surface area contributed by atoms with Gasteiger partial charge >= 0.3 is 0 Å². The molecule has 0 aliphatic heterocycles. The van der Waals surface area contributed by atoms with Crippen molar-refractivity contribution in [3.05, 3.63) is 59.4 Å². The smallest absolute Gasteiger partial charge is 0.253 e. The Morgan fingerprint density at radius 1 is 1.30 bits per heavy atom. The Kier molecular flexibility index (Phi) is 6.13. The Morgan fingerprint density at radius 2 is 2.13 bits per heavy atom. The van der Waals surface area contributed by atoms with E-state index in [1.807, 2.05) is 24.3 Å². The number of anilines is 1. The van der Waals surface area contributed by atoms with E-state index in [2.05, 4.69) is 22.5 Å². The second-order valence-corrected chi connectivity index (χ2v) is 5.20. The third kappa shape index (κ3) is 4.82. The van der Waals surface area contributed by atoms with Crippen molar-refractivity contribution in [2.45, 2.75) is 26.3 Å². The highest BCUT2D eigenvalue weighted by atomic mass is 16.1. The highest BCUT2D eigenvalue weighted by Gasteiger charge is 2.10. The Balaban J connectivity index is 2.01. The lowest BCUT2D eigenvalue weighted by Gasteiger charge is -2.12. The predicted molar refractivity (Wildman–Crippen MR) is 90.0 cm³/mol. The van der Waals surface area contributed by atoms with Crippen LogP contribution in [-0.2, 0) is 6.54 Å². The topological polar surface area (TPSA) is 77.8 Å². The largest absolute Gasteiger partial charge is 0.384 e. The average Bonchev–Trinajstić information content (AvgIpc) is 2.60. The van der Waals surface area contributed by atoms with E-state index in [9.17, 15) is 4.79 Å². The maximum Gasteiger partial charge on any atom is 0.253 e. The number of unbranched alkanes of at least 4 members (excludes halogenated alkanes) is 1. The first-order chi connectivity index (χ1) is 11.2. The number of aromatic nitrogens is 1. The van der Waals surface area contributed by atoms with E-state index in [0.717, 1.165) is 30.6 Å². The van der Waals surface area contributed by atoms with Crippen molar-refractivity contribution in [1.82, 2.24) is 10.3 Å². The van der Waals surface area contributed by atoms with Gasteiger partial charge < -0.3 is 10.6 Å². The number of amides is 1. The molecule has 0 saturated carbocycles. The van der Waals surface area contributed by atoms with E-state index in [4.69, 9.17) is 5.26 Å². The molecule has 1 heterocycles. The highest BCUT2D eigenvalue weighted by Crippen LogP contribution is 2.15. The van der Waals surface area contributed by atoms with E-state index < -0.39 is 0 Å². The minimum absolute atomic E-state index is 0.146. The van der Waals surface area contributed by atoms with Crippen LogP contribution in [0.1, 0.15) is 41.3 Å². The van der Waals surface area contributed by atoms with Gasteiger partial charge in [-0.05, 0) is 30.2 Å². The molecule has 0 aliphatic rings. The van der Waals surface area contributed by atoms with Crippen molar-refractivity contribution in [1.29, 1.82) is 5.26 Å². The summed E-state index contributed by atoms with van der Waals surface area (Å²) in [5, 5.41) is 15.0. The van der Waals surface area contributed by atoms with Gasteiger partial charge in [-0.1, -0.05) is 25.5 Å². The fourth-order valence-corrected chi connectivity index (χ4v) is 2.16. The van der Waals surface area contributed by atoms with Gasteiger partial charge in [-0.25, -0.2) is 0 Å². The summed E-state index contributed by atoms with van der Waals surface area (Å²) in [5.41, 5.74) is 2.74. The van der Waals surface area contributed by atoms with Gasteiger partial charge in [-0.2, -0.15) is 5.26 Å². The molecule has 5 nitrogen and oxygen atoms in total. The summed E-state index contributed by atoms with van der Waals surface area (Å²) in [6.07, 6.45) is 5.30. The van der Waals surface area contributed by atoms with Crippen LogP contribution in [-0.4, -0.2) is 17.4 Å². The second kappa shape index (κ2) is 8.54. The minimum atomic E-state index is -0.146. The summed E-state index contributed by atoms with van der Waals surface area (Å²) in [4.78, 5) is 16.4. The van der Waals surface area contributed by atoms with Crippen LogP contribution in [0.3, 0.4) is 0 Å². The number of para-hydroxylation sites is 1. The van der Waals surface area contributed by atoms with Gasteiger partial charge in [0.1, 0.15) is 6.07 Å². The van der Waals surface area contributed by atoms with Crippen LogP contribution in [0.5, 0.6) is 0 Å². The second-order valence-electron chi connectivity index (χ2n) is 5.20. The SMILES string of the molecule is CCCCNc1ccccc1C(=O)NCc1cncc(C#N)c1. The van der Waals surface area contributed by atoms with Crippen LogP contribution in [0.25, 0.3) is 0 Å². The van der Waals surface area contributed by atoms with Gasteiger partial charge in [0.2, 0.25) is 0 Å². The molecule has 0 aliphatic carbocycles. The maximum atomic E-state index is 12.4. The first-order valence-corrected chi connectivity index (χ1v) is 7.69. The van der Waals surface area contributed by atoms with E-state index >= 15 is 0 Å². The summed E-state index contributed by atoms with van der Waals surface area (Å²) >= 11 is 0. The van der Waals surface area contributed by atoms with Crippen molar-refractivity contribution in [2.24, 2.45) is 0 Å². The standard InChI is InChI=1S/C18H20N4O/c1-2-3-8-21-17-7-5-4-6-16(17)18(23)22-13-15-9-14(10-19)11-20-12-15/h4-7,9,11-12,21H,2-3,8,13H2,1H3,(H,22,23). The first kappa shape index (κ1) is 16.5. The highest BCUT2D eigenvalue weighted by molar-refractivity contribution is 5.99. The number of carbonyl (C=O) groups excluding carboxylic acids is 1. The van der Waals surface area contributed by atoms with Crippen molar-refractivity contribution < 1.29 is 4.79 Å². The van der Waals surface area contributed by atoms with Gasteiger partial charge in [0, 0.05) is 31.2 Å². The first-order valence-electron chi connectivity index (χ1n) is 7.69. The fraction of sp³-hybridized carbons (Fsp3) is 0.278. The fourth-order valence-electron chi connectivity index (χ4n) is 2.16. The summed E-state index contributed by atoms with van der Waals surface area (Å²) in [7, 11) is 0. The molecule has 1 aromatic carbocycles. The third-order valence-corrected chi connectivity index (χ3v) is 3.39. The number of hydrogen-bond acceptors (Lipinski definition) is 4. The molecule has 5 heteroatoms. The van der Waals surface area contributed by atoms with Gasteiger partial charge in [-0.15, -0.1) is 0 Å². The number of pyridine rings is 1. The number of nitriles is 1. The van der Waals surface area contributed by atoms with Gasteiger partial charge in [-0.3, -0.25) is 9.78 Å². The maximum absolute atomic E-state index is 12.4. The molecule has 0 saturated heterocycles. The number of carbonyl (C=O) groups is 1. The third-order valence-electron chi connectivity index (χ3n) is 3.39. The lowest BCUT2D eigenvalue weighted by molar-refractivity contribution is 0.0951. The molecule has 0 unspecified atom stereocenters. The van der Waals surface area contributed by atoms with E-state index in [0.29, 0.717) is 17.7 Å². The zero-order valence-electron chi connectivity index (χ0n) is 13.2. The zero-order chi connectivity index (χ0) is 16.5. The molecular formula is C18H20N4O. The zero-order valence-corrected chi connectivity index (χ0v) is 13.2. The molecule has 0 fully saturated rings. The van der Waals surface area contributed by atoms with E-state index in [1.54, 1.807) is 18.3 Å². The summed E-state index contributed by atoms with van der Waals surface area (Å²) < 4.78 is 0. The molecule has 118 valence electrons. The molecule has 2 aromatic rings. The Labute approximate surface area is 136 Å². The molecule has 1 aromatic heterocycles. The number of rotatable bonds is 7. The summed E-state index contributed by atoms with van der Waals surface area (Å²) in [6, 6.07) is 11.2. The van der Waals surface area contributed by atoms with Crippen LogP contribution in [0, 0.1) is 11.3 Å². The van der Waals surface area contributed by atoms with Crippen molar-refractivity contribution >= 4 is 11.6 Å². The van der Waals surface area contributed by atoms with Crippen LogP contribution in [0.2, 0.25) is 0 Å². The molecule has 0 atom stereocenters. The molecule has 0 radical (unpaired) electrons. The Bertz CT molecular complexity index is 706. The van der Waals surface area contributed by atoms with Crippen LogP contribution >= 0.6 is 0 Å². The monoisotopic (exact) mass is 308 g/mol. The number of hydrogen-bond donors (Lipinski definition) is 2. The molecule has 2 rings (SSSR count). The predicted octanol–water partition coefficient (Wildman–Crippen LogP) is 3.10.